The van der Waals surface area contributed by atoms with Crippen molar-refractivity contribution in [2.45, 2.75) is 25.3 Å². The van der Waals surface area contributed by atoms with Crippen LogP contribution in [0.25, 0.3) is 0 Å². The van der Waals surface area contributed by atoms with E-state index in [1.165, 1.54) is 0 Å². The molecule has 2 atom stereocenters. The zero-order valence-electron chi connectivity index (χ0n) is 14.8. The van der Waals surface area contributed by atoms with Gasteiger partial charge in [-0.25, -0.2) is 0 Å². The Morgan fingerprint density at radius 2 is 1.67 bits per heavy atom. The number of carbonyl (C=O) groups is 2. The number of carbonyl (C=O) groups excluding carboxylic acids is 2. The topological polar surface area (TPSA) is 61.2 Å². The lowest BCUT2D eigenvalue weighted by atomic mass is 9.68. The van der Waals surface area contributed by atoms with Crippen LogP contribution in [0.4, 0.5) is 0 Å². The first kappa shape index (κ1) is 16.0. The van der Waals surface area contributed by atoms with Gasteiger partial charge in [0.25, 0.3) is 0 Å². The highest BCUT2D eigenvalue weighted by Gasteiger charge is 2.59. The van der Waals surface area contributed by atoms with E-state index in [-0.39, 0.29) is 17.6 Å². The van der Waals surface area contributed by atoms with Crippen molar-refractivity contribution in [3.05, 3.63) is 82.6 Å². The van der Waals surface area contributed by atoms with E-state index in [1.807, 2.05) is 35.2 Å². The van der Waals surface area contributed by atoms with Gasteiger partial charge in [-0.05, 0) is 24.8 Å². The number of fused-ring (bicyclic) bond motifs is 3. The van der Waals surface area contributed by atoms with E-state index in [4.69, 9.17) is 0 Å². The van der Waals surface area contributed by atoms with Crippen molar-refractivity contribution in [2.75, 3.05) is 6.54 Å². The van der Waals surface area contributed by atoms with Crippen LogP contribution in [-0.4, -0.2) is 29.1 Å². The lowest BCUT2D eigenvalue weighted by molar-refractivity contribution is 0.0954. The number of benzene rings is 2. The molecule has 27 heavy (non-hydrogen) atoms. The Hall–Kier alpha value is -3.19. The second-order valence-electron chi connectivity index (χ2n) is 7.52. The van der Waals surface area contributed by atoms with Crippen LogP contribution in [0.2, 0.25) is 0 Å². The molecule has 2 heterocycles. The third-order valence-corrected chi connectivity index (χ3v) is 6.18. The van der Waals surface area contributed by atoms with E-state index in [0.717, 1.165) is 24.9 Å². The van der Waals surface area contributed by atoms with E-state index < -0.39 is 5.41 Å². The summed E-state index contributed by atoms with van der Waals surface area (Å²) in [5, 5.41) is 10.3. The van der Waals surface area contributed by atoms with Crippen molar-refractivity contribution >= 4 is 11.6 Å². The lowest BCUT2D eigenvalue weighted by Gasteiger charge is -2.31. The highest BCUT2D eigenvalue weighted by molar-refractivity contribution is 6.28. The van der Waals surface area contributed by atoms with Crippen LogP contribution in [0.15, 0.2) is 65.9 Å². The molecule has 0 saturated carbocycles. The van der Waals surface area contributed by atoms with Crippen LogP contribution in [0.5, 0.6) is 0 Å². The smallest absolute Gasteiger partial charge is 0.210 e. The van der Waals surface area contributed by atoms with Crippen LogP contribution < -0.4 is 0 Å². The van der Waals surface area contributed by atoms with Crippen LogP contribution in [-0.2, 0) is 6.42 Å². The number of allylic oxidation sites excluding steroid dienone is 1. The number of nitriles is 1. The summed E-state index contributed by atoms with van der Waals surface area (Å²) in [5.41, 5.74) is 1.81. The lowest BCUT2D eigenvalue weighted by Crippen LogP contribution is -2.40. The van der Waals surface area contributed by atoms with Crippen LogP contribution in [0.1, 0.15) is 39.1 Å². The van der Waals surface area contributed by atoms with Gasteiger partial charge in [0, 0.05) is 17.7 Å². The summed E-state index contributed by atoms with van der Waals surface area (Å²) >= 11 is 0. The van der Waals surface area contributed by atoms with Crippen molar-refractivity contribution < 1.29 is 9.59 Å². The van der Waals surface area contributed by atoms with Gasteiger partial charge >= 0.3 is 0 Å². The number of hydrogen-bond donors (Lipinski definition) is 0. The summed E-state index contributed by atoms with van der Waals surface area (Å²) < 4.78 is 0. The zero-order chi connectivity index (χ0) is 18.6. The van der Waals surface area contributed by atoms with Gasteiger partial charge < -0.3 is 4.90 Å². The second-order valence-corrected chi connectivity index (χ2v) is 7.52. The minimum absolute atomic E-state index is 0.114. The molecule has 1 fully saturated rings. The number of nitrogens with zero attached hydrogens (tertiary/aromatic N) is 2. The molecule has 0 spiro atoms. The molecule has 5 rings (SSSR count). The van der Waals surface area contributed by atoms with Gasteiger partial charge in [-0.2, -0.15) is 5.26 Å². The molecule has 2 aromatic carbocycles. The predicted molar refractivity (Wildman–Crippen MR) is 100 cm³/mol. The number of Topliss-reactive ketones (excluding diaryl/α,β-unsaturated/α-hetero) is 2. The zero-order valence-corrected chi connectivity index (χ0v) is 14.8. The maximum absolute atomic E-state index is 13.5. The minimum Gasteiger partial charge on any atom is -0.363 e. The Bertz CT molecular complexity index is 1050. The van der Waals surface area contributed by atoms with Gasteiger partial charge in [-0.15, -0.1) is 0 Å². The maximum atomic E-state index is 13.5. The summed E-state index contributed by atoms with van der Waals surface area (Å²) in [4.78, 5) is 28.8. The Balaban J connectivity index is 1.74. The first-order valence-electron chi connectivity index (χ1n) is 9.32. The summed E-state index contributed by atoms with van der Waals surface area (Å²) in [5.74, 6) is -0.274. The Kier molecular flexibility index (Phi) is 3.35. The monoisotopic (exact) mass is 354 g/mol. The van der Waals surface area contributed by atoms with Gasteiger partial charge in [0.05, 0.1) is 23.4 Å². The second kappa shape index (κ2) is 5.65. The summed E-state index contributed by atoms with van der Waals surface area (Å²) in [6, 6.07) is 19.2. The maximum Gasteiger partial charge on any atom is 0.210 e. The van der Waals surface area contributed by atoms with Gasteiger partial charge in [0.1, 0.15) is 5.41 Å². The van der Waals surface area contributed by atoms with Crippen LogP contribution >= 0.6 is 0 Å². The molecule has 0 N–H and O–H groups in total. The first-order chi connectivity index (χ1) is 13.2. The highest BCUT2D eigenvalue weighted by atomic mass is 16.1. The number of ketones is 2. The van der Waals surface area contributed by atoms with Crippen molar-refractivity contribution in [1.82, 2.24) is 4.90 Å². The fourth-order valence-electron chi connectivity index (χ4n) is 5.06. The Morgan fingerprint density at radius 1 is 1.00 bits per heavy atom. The van der Waals surface area contributed by atoms with E-state index >= 15 is 0 Å². The molecule has 2 aliphatic heterocycles. The van der Waals surface area contributed by atoms with Gasteiger partial charge in [-0.3, -0.25) is 9.59 Å². The van der Waals surface area contributed by atoms with E-state index in [9.17, 15) is 14.9 Å². The molecule has 4 heteroatoms. The third kappa shape index (κ3) is 2.03. The average molecular weight is 354 g/mol. The van der Waals surface area contributed by atoms with Crippen molar-refractivity contribution in [2.24, 2.45) is 5.41 Å². The normalized spacial score (nSPS) is 25.9. The highest BCUT2D eigenvalue weighted by Crippen LogP contribution is 2.53. The van der Waals surface area contributed by atoms with E-state index in [2.05, 4.69) is 6.07 Å². The molecule has 1 saturated heterocycles. The Labute approximate surface area is 157 Å². The molecule has 0 radical (unpaired) electrons. The molecule has 0 amide bonds. The van der Waals surface area contributed by atoms with E-state index in [1.54, 1.807) is 24.3 Å². The van der Waals surface area contributed by atoms with Gasteiger partial charge in [0.2, 0.25) is 5.78 Å². The summed E-state index contributed by atoms with van der Waals surface area (Å²) in [6.07, 6.45) is 2.21. The minimum atomic E-state index is -0.979. The van der Waals surface area contributed by atoms with Crippen LogP contribution in [0.3, 0.4) is 0 Å². The molecule has 0 unspecified atom stereocenters. The molecular weight excluding hydrogens is 336 g/mol. The van der Waals surface area contributed by atoms with Gasteiger partial charge in [0.15, 0.2) is 5.78 Å². The molecule has 3 aliphatic rings. The molecule has 4 nitrogen and oxygen atoms in total. The summed E-state index contributed by atoms with van der Waals surface area (Å²) in [6.45, 7) is 0.725. The Morgan fingerprint density at radius 3 is 2.37 bits per heavy atom. The van der Waals surface area contributed by atoms with Crippen LogP contribution in [0, 0.1) is 16.7 Å². The quantitative estimate of drug-likeness (QED) is 0.827. The summed E-state index contributed by atoms with van der Waals surface area (Å²) in [7, 11) is 0. The molecule has 1 aliphatic carbocycles. The number of rotatable bonds is 2. The predicted octanol–water partition coefficient (Wildman–Crippen LogP) is 3.55. The largest absolute Gasteiger partial charge is 0.363 e. The van der Waals surface area contributed by atoms with Crippen molar-refractivity contribution in [3.63, 3.8) is 0 Å². The molecule has 0 bridgehead atoms. The van der Waals surface area contributed by atoms with E-state index in [0.29, 0.717) is 28.8 Å². The fraction of sp³-hybridized carbons (Fsp3) is 0.261. The molecule has 2 aromatic rings. The SMILES string of the molecule is N#C[C@]1(Cc2ccccc2)C2=C(C(=O)c3ccccc3C2=O)N2CCC[C@@H]21. The van der Waals surface area contributed by atoms with Crippen molar-refractivity contribution in [3.8, 4) is 6.07 Å². The standard InChI is InChI=1S/C23H18N2O2/c24-14-23(13-15-7-2-1-3-8-15)18-11-6-12-25(18)20-19(23)21(26)16-9-4-5-10-17(16)22(20)27/h1-5,7-10,18H,6,11-13H2/t18-,23+/m1/s1. The fourth-order valence-corrected chi connectivity index (χ4v) is 5.06. The molecule has 0 aromatic heterocycles. The average Bonchev–Trinajstić information content (AvgIpc) is 3.28. The third-order valence-electron chi connectivity index (χ3n) is 6.18. The van der Waals surface area contributed by atoms with Crippen molar-refractivity contribution in [1.29, 1.82) is 5.26 Å². The number of hydrogen-bond acceptors (Lipinski definition) is 4. The first-order valence-corrected chi connectivity index (χ1v) is 9.32. The molecule has 132 valence electrons. The molecular formula is C23H18N2O2. The van der Waals surface area contributed by atoms with Gasteiger partial charge in [-0.1, -0.05) is 54.6 Å².